The normalized spacial score (nSPS) is 12.3. The minimum atomic E-state index is -0.206. The van der Waals surface area contributed by atoms with Gasteiger partial charge in [-0.2, -0.15) is 0 Å². The van der Waals surface area contributed by atoms with Gasteiger partial charge in [0.1, 0.15) is 22.2 Å². The van der Waals surface area contributed by atoms with Crippen LogP contribution in [0.2, 0.25) is 0 Å². The van der Waals surface area contributed by atoms with Crippen molar-refractivity contribution in [1.82, 2.24) is 20.2 Å². The lowest BCUT2D eigenvalue weighted by Crippen LogP contribution is -2.12. The maximum atomic E-state index is 12.8. The highest BCUT2D eigenvalue weighted by molar-refractivity contribution is 7.99. The fourth-order valence-electron chi connectivity index (χ4n) is 3.10. The maximum absolute atomic E-state index is 12.8. The number of rotatable bonds is 7. The molecule has 1 atom stereocenters. The Labute approximate surface area is 190 Å². The van der Waals surface area contributed by atoms with Gasteiger partial charge in [0.15, 0.2) is 6.61 Å². The predicted octanol–water partition coefficient (Wildman–Crippen LogP) is 5.37. The third-order valence-corrected chi connectivity index (χ3v) is 6.56. The number of benzene rings is 1. The van der Waals surface area contributed by atoms with Gasteiger partial charge in [0.25, 0.3) is 16.7 Å². The molecule has 0 spiro atoms. The van der Waals surface area contributed by atoms with Crippen LogP contribution >= 0.6 is 23.1 Å². The molecule has 5 aromatic rings. The Morgan fingerprint density at radius 3 is 2.84 bits per heavy atom. The predicted molar refractivity (Wildman–Crippen MR) is 122 cm³/mol. The van der Waals surface area contributed by atoms with E-state index in [-0.39, 0.29) is 17.4 Å². The Bertz CT molecular complexity index is 1400. The number of ether oxygens (including phenoxy) is 1. The van der Waals surface area contributed by atoms with Crippen molar-refractivity contribution in [2.75, 3.05) is 0 Å². The number of fused-ring (bicyclic) bond motifs is 1. The summed E-state index contributed by atoms with van der Waals surface area (Å²) in [6, 6.07) is 11.3. The average molecular weight is 467 g/mol. The molecule has 0 bridgehead atoms. The first-order chi connectivity index (χ1) is 15.6. The number of thioether (sulfide) groups is 1. The van der Waals surface area contributed by atoms with E-state index in [1.807, 2.05) is 49.6 Å². The molecule has 1 unspecified atom stereocenters. The number of hydrogen-bond acceptors (Lipinski definition) is 9. The molecule has 0 fully saturated rings. The summed E-state index contributed by atoms with van der Waals surface area (Å²) in [7, 11) is 0. The van der Waals surface area contributed by atoms with Crippen LogP contribution in [-0.4, -0.2) is 20.2 Å². The standard InChI is InChI=1S/C22H18N4O4S2/c1-12-5-7-14(8-6-12)29-10-17-25-26-22(30-17)32-13(2)19-23-20(27)18-15(11-31-21(18)24-19)16-4-3-9-28-16/h3-9,11,13H,10H2,1-2H3,(H,23,24,27). The van der Waals surface area contributed by atoms with Crippen molar-refractivity contribution in [2.24, 2.45) is 0 Å². The molecule has 4 heterocycles. The molecule has 0 amide bonds. The molecule has 0 aliphatic carbocycles. The Kier molecular flexibility index (Phi) is 5.54. The molecule has 8 nitrogen and oxygen atoms in total. The first kappa shape index (κ1) is 20.5. The third kappa shape index (κ3) is 4.19. The summed E-state index contributed by atoms with van der Waals surface area (Å²) in [5.74, 6) is 2.29. The lowest BCUT2D eigenvalue weighted by Gasteiger charge is -2.07. The molecule has 10 heteroatoms. The Balaban J connectivity index is 1.29. The van der Waals surface area contributed by atoms with Gasteiger partial charge in [0, 0.05) is 10.9 Å². The van der Waals surface area contributed by atoms with Gasteiger partial charge < -0.3 is 18.6 Å². The lowest BCUT2D eigenvalue weighted by atomic mass is 10.2. The quantitative estimate of drug-likeness (QED) is 0.319. The lowest BCUT2D eigenvalue weighted by molar-refractivity contribution is 0.252. The number of hydrogen-bond donors (Lipinski definition) is 1. The van der Waals surface area contributed by atoms with Crippen LogP contribution in [0.1, 0.15) is 29.5 Å². The van der Waals surface area contributed by atoms with Gasteiger partial charge in [-0.1, -0.05) is 29.5 Å². The fraction of sp³-hybridized carbons (Fsp3) is 0.182. The van der Waals surface area contributed by atoms with Crippen LogP contribution in [0.4, 0.5) is 0 Å². The van der Waals surface area contributed by atoms with Crippen LogP contribution < -0.4 is 10.3 Å². The smallest absolute Gasteiger partial charge is 0.277 e. The number of nitrogens with one attached hydrogen (secondary N) is 1. The monoisotopic (exact) mass is 466 g/mol. The van der Waals surface area contributed by atoms with Crippen LogP contribution in [0, 0.1) is 6.92 Å². The van der Waals surface area contributed by atoms with Crippen LogP contribution in [0.15, 0.2) is 66.9 Å². The minimum absolute atomic E-state index is 0.177. The van der Waals surface area contributed by atoms with Crippen molar-refractivity contribution in [3.8, 4) is 17.1 Å². The summed E-state index contributed by atoms with van der Waals surface area (Å²) in [4.78, 5) is 20.9. The van der Waals surface area contributed by atoms with Crippen molar-refractivity contribution in [1.29, 1.82) is 0 Å². The van der Waals surface area contributed by atoms with Crippen molar-refractivity contribution in [3.05, 3.63) is 75.7 Å². The Morgan fingerprint density at radius 1 is 1.22 bits per heavy atom. The highest BCUT2D eigenvalue weighted by Crippen LogP contribution is 2.35. The number of aromatic nitrogens is 4. The second-order valence-corrected chi connectivity index (χ2v) is 9.23. The molecule has 1 aromatic carbocycles. The summed E-state index contributed by atoms with van der Waals surface area (Å²) < 4.78 is 16.8. The van der Waals surface area contributed by atoms with E-state index in [0.29, 0.717) is 32.9 Å². The van der Waals surface area contributed by atoms with Crippen LogP contribution in [0.3, 0.4) is 0 Å². The van der Waals surface area contributed by atoms with Gasteiger partial charge in [-0.15, -0.1) is 21.5 Å². The maximum Gasteiger partial charge on any atom is 0.277 e. The highest BCUT2D eigenvalue weighted by Gasteiger charge is 2.19. The molecule has 5 rings (SSSR count). The van der Waals surface area contributed by atoms with Gasteiger partial charge in [0.05, 0.1) is 16.9 Å². The van der Waals surface area contributed by atoms with Gasteiger partial charge >= 0.3 is 0 Å². The van der Waals surface area contributed by atoms with Crippen molar-refractivity contribution in [2.45, 2.75) is 30.9 Å². The fourth-order valence-corrected chi connectivity index (χ4v) is 4.80. The topological polar surface area (TPSA) is 107 Å². The molecule has 4 aromatic heterocycles. The SMILES string of the molecule is Cc1ccc(OCc2nnc(SC(C)c3nc4scc(-c5ccco5)c4c(=O)[nH]3)o2)cc1. The van der Waals surface area contributed by atoms with Crippen molar-refractivity contribution in [3.63, 3.8) is 0 Å². The summed E-state index contributed by atoms with van der Waals surface area (Å²) >= 11 is 2.73. The van der Waals surface area contributed by atoms with Crippen molar-refractivity contribution >= 4 is 33.3 Å². The zero-order valence-electron chi connectivity index (χ0n) is 17.2. The summed E-state index contributed by atoms with van der Waals surface area (Å²) in [5.41, 5.74) is 1.70. The van der Waals surface area contributed by atoms with Gasteiger partial charge in [0.2, 0.25) is 0 Å². The largest absolute Gasteiger partial charge is 0.484 e. The first-order valence-corrected chi connectivity index (χ1v) is 11.6. The second-order valence-electron chi connectivity index (χ2n) is 7.08. The van der Waals surface area contributed by atoms with Crippen molar-refractivity contribution < 1.29 is 13.6 Å². The van der Waals surface area contributed by atoms with E-state index in [9.17, 15) is 4.79 Å². The molecule has 1 N–H and O–H groups in total. The van der Waals surface area contributed by atoms with E-state index >= 15 is 0 Å². The summed E-state index contributed by atoms with van der Waals surface area (Å²) in [5, 5.41) is 10.7. The Morgan fingerprint density at radius 2 is 2.06 bits per heavy atom. The zero-order valence-corrected chi connectivity index (χ0v) is 18.8. The van der Waals surface area contributed by atoms with Gasteiger partial charge in [-0.25, -0.2) is 4.98 Å². The number of thiophene rings is 1. The van der Waals surface area contributed by atoms with E-state index in [0.717, 1.165) is 16.9 Å². The minimum Gasteiger partial charge on any atom is -0.484 e. The van der Waals surface area contributed by atoms with E-state index in [2.05, 4.69) is 20.2 Å². The number of H-pyrrole nitrogens is 1. The first-order valence-electron chi connectivity index (χ1n) is 9.80. The molecule has 0 saturated heterocycles. The van der Waals surface area contributed by atoms with E-state index in [4.69, 9.17) is 13.6 Å². The molecule has 162 valence electrons. The van der Waals surface area contributed by atoms with E-state index < -0.39 is 0 Å². The third-order valence-electron chi connectivity index (χ3n) is 4.74. The molecule has 32 heavy (non-hydrogen) atoms. The number of nitrogens with zero attached hydrogens (tertiary/aromatic N) is 3. The van der Waals surface area contributed by atoms with Crippen LogP contribution in [0.5, 0.6) is 5.75 Å². The zero-order chi connectivity index (χ0) is 22.1. The summed E-state index contributed by atoms with van der Waals surface area (Å²) in [6.45, 7) is 4.11. The number of aromatic amines is 1. The molecule has 0 aliphatic rings. The van der Waals surface area contributed by atoms with Crippen LogP contribution in [0.25, 0.3) is 21.5 Å². The summed E-state index contributed by atoms with van der Waals surface area (Å²) in [6.07, 6.45) is 1.58. The molecular weight excluding hydrogens is 448 g/mol. The molecule has 0 saturated carbocycles. The van der Waals surface area contributed by atoms with Gasteiger partial charge in [-0.3, -0.25) is 4.79 Å². The number of aryl methyl sites for hydroxylation is 1. The van der Waals surface area contributed by atoms with Gasteiger partial charge in [-0.05, 0) is 38.1 Å². The average Bonchev–Trinajstić information content (AvgIpc) is 3.54. The second kappa shape index (κ2) is 8.64. The molecule has 0 aliphatic heterocycles. The number of furan rings is 1. The van der Waals surface area contributed by atoms with E-state index in [1.54, 1.807) is 12.3 Å². The Hall–Kier alpha value is -3.37. The highest BCUT2D eigenvalue weighted by atomic mass is 32.2. The van der Waals surface area contributed by atoms with Crippen LogP contribution in [-0.2, 0) is 6.61 Å². The molecule has 0 radical (unpaired) electrons. The molecular formula is C22H18N4O4S2. The van der Waals surface area contributed by atoms with E-state index in [1.165, 1.54) is 23.1 Å².